The largest absolute Gasteiger partial charge is 0.493 e. The highest BCUT2D eigenvalue weighted by Crippen LogP contribution is 2.29. The van der Waals surface area contributed by atoms with Crippen molar-refractivity contribution in [3.63, 3.8) is 0 Å². The van der Waals surface area contributed by atoms with E-state index in [0.717, 1.165) is 28.8 Å². The number of fused-ring (bicyclic) bond motifs is 1. The van der Waals surface area contributed by atoms with Crippen LogP contribution in [0.15, 0.2) is 54.6 Å². The second kappa shape index (κ2) is 9.18. The summed E-state index contributed by atoms with van der Waals surface area (Å²) >= 11 is 6.15. The van der Waals surface area contributed by atoms with Gasteiger partial charge in [-0.25, -0.2) is 9.97 Å². The molecule has 1 N–H and O–H groups in total. The minimum absolute atomic E-state index is 0.187. The number of pyridine rings is 1. The lowest BCUT2D eigenvalue weighted by Crippen LogP contribution is -2.08. The van der Waals surface area contributed by atoms with Gasteiger partial charge in [-0.15, -0.1) is 0 Å². The van der Waals surface area contributed by atoms with Crippen molar-refractivity contribution in [2.24, 2.45) is 0 Å². The number of nitrogens with zero attached hydrogens (tertiary/aromatic N) is 3. The smallest absolute Gasteiger partial charge is 0.225 e. The molecule has 0 aliphatic heterocycles. The van der Waals surface area contributed by atoms with Crippen LogP contribution in [0.3, 0.4) is 0 Å². The molecule has 2 heterocycles. The Kier molecular flexibility index (Phi) is 6.18. The van der Waals surface area contributed by atoms with Crippen LogP contribution < -0.4 is 14.8 Å². The minimum atomic E-state index is 0.187. The summed E-state index contributed by atoms with van der Waals surface area (Å²) in [7, 11) is 3.26. The van der Waals surface area contributed by atoms with Gasteiger partial charge in [-0.1, -0.05) is 30.3 Å². The molecule has 0 saturated heterocycles. The molecule has 0 atom stereocenters. The van der Waals surface area contributed by atoms with Gasteiger partial charge in [-0.3, -0.25) is 0 Å². The lowest BCUT2D eigenvalue weighted by atomic mass is 10.1. The van der Waals surface area contributed by atoms with Crippen molar-refractivity contribution in [3.8, 4) is 22.8 Å². The molecule has 4 rings (SSSR count). The van der Waals surface area contributed by atoms with E-state index in [9.17, 15) is 0 Å². The van der Waals surface area contributed by atoms with Gasteiger partial charge in [0.15, 0.2) is 17.3 Å². The van der Waals surface area contributed by atoms with E-state index in [1.807, 2.05) is 42.5 Å². The number of hydrogen-bond donors (Lipinski definition) is 1. The zero-order valence-corrected chi connectivity index (χ0v) is 18.4. The first kappa shape index (κ1) is 20.9. The van der Waals surface area contributed by atoms with Crippen LogP contribution in [-0.2, 0) is 6.42 Å². The van der Waals surface area contributed by atoms with Gasteiger partial charge in [-0.2, -0.15) is 4.98 Å². The van der Waals surface area contributed by atoms with Gasteiger partial charge in [0.1, 0.15) is 5.52 Å². The van der Waals surface area contributed by atoms with Crippen molar-refractivity contribution < 1.29 is 9.47 Å². The Balaban J connectivity index is 1.60. The number of rotatable bonds is 7. The predicted molar refractivity (Wildman–Crippen MR) is 124 cm³/mol. The summed E-state index contributed by atoms with van der Waals surface area (Å²) in [5, 5.41) is 3.55. The molecule has 31 heavy (non-hydrogen) atoms. The number of ether oxygens (including phenoxy) is 2. The Hall–Kier alpha value is -3.38. The van der Waals surface area contributed by atoms with E-state index in [2.05, 4.69) is 34.3 Å². The van der Waals surface area contributed by atoms with E-state index >= 15 is 0 Å². The minimum Gasteiger partial charge on any atom is -0.493 e. The van der Waals surface area contributed by atoms with Crippen LogP contribution in [0.5, 0.6) is 11.5 Å². The van der Waals surface area contributed by atoms with Crippen molar-refractivity contribution >= 4 is 28.5 Å². The summed E-state index contributed by atoms with van der Waals surface area (Å²) in [5.41, 5.74) is 5.62. The fourth-order valence-corrected chi connectivity index (χ4v) is 3.66. The molecule has 7 heteroatoms. The molecule has 0 amide bonds. The highest BCUT2D eigenvalue weighted by molar-refractivity contribution is 6.28. The second-order valence-electron chi connectivity index (χ2n) is 7.09. The normalized spacial score (nSPS) is 10.8. The van der Waals surface area contributed by atoms with Gasteiger partial charge < -0.3 is 14.8 Å². The standard InChI is InChI=1S/C24H23ClN4O2/c1-15-6-4-5-7-17(15)18-9-10-19-22(27-18)23(29-24(25)28-19)26-13-12-16-8-11-20(30-2)21(14-16)31-3/h4-11,14H,12-13H2,1-3H3,(H,26,28,29). The first-order valence-corrected chi connectivity index (χ1v) is 10.3. The quantitative estimate of drug-likeness (QED) is 0.397. The molecule has 158 valence electrons. The molecule has 0 bridgehead atoms. The Morgan fingerprint density at radius 1 is 0.903 bits per heavy atom. The molecule has 0 radical (unpaired) electrons. The molecular weight excluding hydrogens is 412 g/mol. The van der Waals surface area contributed by atoms with E-state index in [-0.39, 0.29) is 5.28 Å². The highest BCUT2D eigenvalue weighted by Gasteiger charge is 2.12. The molecule has 0 aliphatic carbocycles. The Morgan fingerprint density at radius 3 is 2.48 bits per heavy atom. The Bertz CT molecular complexity index is 1230. The van der Waals surface area contributed by atoms with Crippen molar-refractivity contribution in [2.75, 3.05) is 26.1 Å². The van der Waals surface area contributed by atoms with E-state index in [4.69, 9.17) is 26.1 Å². The molecular formula is C24H23ClN4O2. The van der Waals surface area contributed by atoms with Gasteiger partial charge in [0.05, 0.1) is 25.4 Å². The average Bonchev–Trinajstić information content (AvgIpc) is 2.79. The molecule has 6 nitrogen and oxygen atoms in total. The number of anilines is 1. The zero-order chi connectivity index (χ0) is 21.8. The van der Waals surface area contributed by atoms with Gasteiger partial charge in [-0.05, 0) is 60.3 Å². The maximum absolute atomic E-state index is 6.15. The molecule has 4 aromatic rings. The summed E-state index contributed by atoms with van der Waals surface area (Å²) in [6.07, 6.45) is 0.765. The van der Waals surface area contributed by atoms with Crippen LogP contribution in [0, 0.1) is 6.92 Å². The van der Waals surface area contributed by atoms with Crippen LogP contribution in [-0.4, -0.2) is 35.7 Å². The summed E-state index contributed by atoms with van der Waals surface area (Å²) < 4.78 is 10.7. The van der Waals surface area contributed by atoms with Crippen molar-refractivity contribution in [2.45, 2.75) is 13.3 Å². The molecule has 0 saturated carbocycles. The van der Waals surface area contributed by atoms with E-state index in [0.29, 0.717) is 34.9 Å². The first-order valence-electron chi connectivity index (χ1n) is 9.94. The Labute approximate surface area is 186 Å². The summed E-state index contributed by atoms with van der Waals surface area (Å²) in [6, 6.07) is 17.9. The molecule has 0 spiro atoms. The van der Waals surface area contributed by atoms with Crippen molar-refractivity contribution in [1.29, 1.82) is 0 Å². The van der Waals surface area contributed by atoms with Crippen molar-refractivity contribution in [1.82, 2.24) is 15.0 Å². The van der Waals surface area contributed by atoms with Crippen LogP contribution in [0.2, 0.25) is 5.28 Å². The fourth-order valence-electron chi connectivity index (χ4n) is 3.48. The van der Waals surface area contributed by atoms with Crippen LogP contribution in [0.1, 0.15) is 11.1 Å². The van der Waals surface area contributed by atoms with Crippen LogP contribution in [0.25, 0.3) is 22.3 Å². The zero-order valence-electron chi connectivity index (χ0n) is 17.6. The van der Waals surface area contributed by atoms with Crippen LogP contribution >= 0.6 is 11.6 Å². The first-order chi connectivity index (χ1) is 15.1. The Morgan fingerprint density at radius 2 is 1.71 bits per heavy atom. The lowest BCUT2D eigenvalue weighted by molar-refractivity contribution is 0.354. The molecule has 0 unspecified atom stereocenters. The van der Waals surface area contributed by atoms with Gasteiger partial charge >= 0.3 is 0 Å². The number of nitrogens with one attached hydrogen (secondary N) is 1. The number of benzene rings is 2. The van der Waals surface area contributed by atoms with Gasteiger partial charge in [0, 0.05) is 12.1 Å². The van der Waals surface area contributed by atoms with E-state index in [1.54, 1.807) is 14.2 Å². The summed E-state index contributed by atoms with van der Waals surface area (Å²) in [6.45, 7) is 2.72. The third-order valence-electron chi connectivity index (χ3n) is 5.09. The third-order valence-corrected chi connectivity index (χ3v) is 5.26. The number of aromatic nitrogens is 3. The predicted octanol–water partition coefficient (Wildman–Crippen LogP) is 5.33. The van der Waals surface area contributed by atoms with Gasteiger partial charge in [0.2, 0.25) is 5.28 Å². The summed E-state index contributed by atoms with van der Waals surface area (Å²) in [4.78, 5) is 13.6. The second-order valence-corrected chi connectivity index (χ2v) is 7.42. The number of aryl methyl sites for hydroxylation is 1. The van der Waals surface area contributed by atoms with E-state index < -0.39 is 0 Å². The number of methoxy groups -OCH3 is 2. The van der Waals surface area contributed by atoms with Gasteiger partial charge in [0.25, 0.3) is 0 Å². The number of halogens is 1. The van der Waals surface area contributed by atoms with Crippen LogP contribution in [0.4, 0.5) is 5.82 Å². The molecule has 0 aliphatic rings. The third kappa shape index (κ3) is 4.54. The number of hydrogen-bond acceptors (Lipinski definition) is 6. The maximum atomic E-state index is 6.15. The van der Waals surface area contributed by atoms with E-state index in [1.165, 1.54) is 0 Å². The van der Waals surface area contributed by atoms with Crippen molar-refractivity contribution in [3.05, 3.63) is 71.0 Å². The lowest BCUT2D eigenvalue weighted by Gasteiger charge is -2.12. The SMILES string of the molecule is COc1ccc(CCNc2nc(Cl)nc3ccc(-c4ccccc4C)nc23)cc1OC. The molecule has 0 fully saturated rings. The highest BCUT2D eigenvalue weighted by atomic mass is 35.5. The molecule has 2 aromatic heterocycles. The fraction of sp³-hybridized carbons (Fsp3) is 0.208. The maximum Gasteiger partial charge on any atom is 0.225 e. The monoisotopic (exact) mass is 434 g/mol. The summed E-state index contributed by atoms with van der Waals surface area (Å²) in [5.74, 6) is 2.03. The topological polar surface area (TPSA) is 69.2 Å². The average molecular weight is 435 g/mol. The molecule has 2 aromatic carbocycles.